The molecule has 0 bridgehead atoms. The summed E-state index contributed by atoms with van der Waals surface area (Å²) in [6.45, 7) is 0. The van der Waals surface area contributed by atoms with Crippen molar-refractivity contribution in [1.82, 2.24) is 0 Å². The molecule has 2 aromatic rings. The van der Waals surface area contributed by atoms with E-state index in [0.29, 0.717) is 0 Å². The molecule has 0 radical (unpaired) electrons. The van der Waals surface area contributed by atoms with Crippen LogP contribution >= 0.6 is 11.3 Å². The predicted octanol–water partition coefficient (Wildman–Crippen LogP) is 5.09. The standard InChI is InChI=1S/C17H16S/c1-2-6-12(7-3-1)16-13-8-4-9-14(13)17(16)15-10-5-11-18-15/h1-3,5-7,10-11,13-14H,4,8-9H2/t13-,14+/m0/s1. The van der Waals surface area contributed by atoms with Gasteiger partial charge in [-0.3, -0.25) is 0 Å². The van der Waals surface area contributed by atoms with Crippen LogP contribution in [-0.4, -0.2) is 0 Å². The molecule has 1 fully saturated rings. The molecule has 0 nitrogen and oxygen atoms in total. The first-order valence-electron chi connectivity index (χ1n) is 6.78. The van der Waals surface area contributed by atoms with E-state index in [4.69, 9.17) is 0 Å². The van der Waals surface area contributed by atoms with E-state index >= 15 is 0 Å². The Balaban J connectivity index is 1.87. The molecule has 0 N–H and O–H groups in total. The van der Waals surface area contributed by atoms with E-state index in [1.807, 2.05) is 11.3 Å². The van der Waals surface area contributed by atoms with Gasteiger partial charge >= 0.3 is 0 Å². The van der Waals surface area contributed by atoms with Gasteiger partial charge in [-0.1, -0.05) is 42.8 Å². The predicted molar refractivity (Wildman–Crippen MR) is 78.4 cm³/mol. The lowest BCUT2D eigenvalue weighted by molar-refractivity contribution is 0.547. The average Bonchev–Trinajstić information content (AvgIpc) is 3.03. The second kappa shape index (κ2) is 4.10. The van der Waals surface area contributed by atoms with Crippen molar-refractivity contribution >= 4 is 22.5 Å². The lowest BCUT2D eigenvalue weighted by Crippen LogP contribution is -2.23. The van der Waals surface area contributed by atoms with Crippen LogP contribution in [0.2, 0.25) is 0 Å². The smallest absolute Gasteiger partial charge is 0.0308 e. The first-order chi connectivity index (χ1) is 8.95. The average molecular weight is 252 g/mol. The Kier molecular flexibility index (Phi) is 2.41. The fourth-order valence-electron chi connectivity index (χ4n) is 3.69. The Morgan fingerprint density at radius 3 is 2.33 bits per heavy atom. The highest BCUT2D eigenvalue weighted by Gasteiger charge is 2.44. The second-order valence-electron chi connectivity index (χ2n) is 5.31. The van der Waals surface area contributed by atoms with E-state index in [1.54, 1.807) is 11.1 Å². The highest BCUT2D eigenvalue weighted by molar-refractivity contribution is 7.11. The van der Waals surface area contributed by atoms with Crippen molar-refractivity contribution in [1.29, 1.82) is 0 Å². The van der Waals surface area contributed by atoms with Crippen LogP contribution in [-0.2, 0) is 0 Å². The molecule has 1 aromatic carbocycles. The second-order valence-corrected chi connectivity index (χ2v) is 6.26. The number of thiophene rings is 1. The number of rotatable bonds is 2. The molecule has 0 aliphatic heterocycles. The van der Waals surface area contributed by atoms with Crippen LogP contribution in [0.3, 0.4) is 0 Å². The number of hydrogen-bond acceptors (Lipinski definition) is 1. The van der Waals surface area contributed by atoms with Crippen molar-refractivity contribution in [2.75, 3.05) is 0 Å². The van der Waals surface area contributed by atoms with Gasteiger partial charge in [-0.2, -0.15) is 0 Å². The Hall–Kier alpha value is -1.34. The molecular formula is C17H16S. The molecule has 0 saturated heterocycles. The number of fused-ring (bicyclic) bond motifs is 1. The Morgan fingerprint density at radius 2 is 1.61 bits per heavy atom. The maximum atomic E-state index is 2.29. The summed E-state index contributed by atoms with van der Waals surface area (Å²) in [5, 5.41) is 2.20. The largest absolute Gasteiger partial charge is 0.144 e. The molecule has 2 atom stereocenters. The lowest BCUT2D eigenvalue weighted by Gasteiger charge is -2.38. The molecule has 1 saturated carbocycles. The molecule has 90 valence electrons. The van der Waals surface area contributed by atoms with Gasteiger partial charge < -0.3 is 0 Å². The van der Waals surface area contributed by atoms with Crippen LogP contribution in [0.5, 0.6) is 0 Å². The fourth-order valence-corrected chi connectivity index (χ4v) is 4.54. The molecule has 2 aliphatic carbocycles. The summed E-state index contributed by atoms with van der Waals surface area (Å²) >= 11 is 1.90. The zero-order chi connectivity index (χ0) is 11.9. The van der Waals surface area contributed by atoms with E-state index in [1.165, 1.54) is 29.7 Å². The van der Waals surface area contributed by atoms with Crippen LogP contribution in [0.15, 0.2) is 47.8 Å². The van der Waals surface area contributed by atoms with Gasteiger partial charge in [-0.25, -0.2) is 0 Å². The third kappa shape index (κ3) is 1.44. The van der Waals surface area contributed by atoms with E-state index < -0.39 is 0 Å². The summed E-state index contributed by atoms with van der Waals surface area (Å²) in [4.78, 5) is 1.50. The van der Waals surface area contributed by atoms with Gasteiger partial charge in [0.15, 0.2) is 0 Å². The highest BCUT2D eigenvalue weighted by atomic mass is 32.1. The van der Waals surface area contributed by atoms with Crippen LogP contribution in [0.4, 0.5) is 0 Å². The SMILES string of the molecule is c1ccc(C2=C(c3cccs3)[C@@H]3CCC[C@H]23)cc1. The third-order valence-electron chi connectivity index (χ3n) is 4.42. The zero-order valence-corrected chi connectivity index (χ0v) is 11.1. The van der Waals surface area contributed by atoms with Crippen molar-refractivity contribution in [3.8, 4) is 0 Å². The molecule has 0 spiro atoms. The molecule has 4 rings (SSSR count). The summed E-state index contributed by atoms with van der Waals surface area (Å²) in [6, 6.07) is 15.5. The molecule has 0 amide bonds. The molecule has 18 heavy (non-hydrogen) atoms. The molecule has 0 unspecified atom stereocenters. The van der Waals surface area contributed by atoms with Crippen LogP contribution in [0.1, 0.15) is 29.7 Å². The van der Waals surface area contributed by atoms with Crippen LogP contribution in [0, 0.1) is 11.8 Å². The van der Waals surface area contributed by atoms with Crippen molar-refractivity contribution in [3.05, 3.63) is 58.3 Å². The highest BCUT2D eigenvalue weighted by Crippen LogP contribution is 2.59. The van der Waals surface area contributed by atoms with E-state index in [0.717, 1.165) is 11.8 Å². The summed E-state index contributed by atoms with van der Waals surface area (Å²) < 4.78 is 0. The minimum Gasteiger partial charge on any atom is -0.144 e. The maximum Gasteiger partial charge on any atom is 0.0308 e. The Bertz CT molecular complexity index is 577. The molecule has 2 aliphatic rings. The first kappa shape index (κ1) is 10.6. The van der Waals surface area contributed by atoms with Crippen LogP contribution in [0.25, 0.3) is 11.1 Å². The summed E-state index contributed by atoms with van der Waals surface area (Å²) in [5.41, 5.74) is 4.74. The number of hydrogen-bond donors (Lipinski definition) is 0. The third-order valence-corrected chi connectivity index (χ3v) is 5.32. The number of allylic oxidation sites excluding steroid dienone is 2. The first-order valence-corrected chi connectivity index (χ1v) is 7.66. The van der Waals surface area contributed by atoms with Crippen molar-refractivity contribution < 1.29 is 0 Å². The van der Waals surface area contributed by atoms with E-state index in [2.05, 4.69) is 47.8 Å². The van der Waals surface area contributed by atoms with Gasteiger partial charge in [-0.15, -0.1) is 11.3 Å². The van der Waals surface area contributed by atoms with E-state index in [9.17, 15) is 0 Å². The van der Waals surface area contributed by atoms with Gasteiger partial charge in [0.2, 0.25) is 0 Å². The van der Waals surface area contributed by atoms with Crippen molar-refractivity contribution in [3.63, 3.8) is 0 Å². The fraction of sp³-hybridized carbons (Fsp3) is 0.294. The molecule has 1 aromatic heterocycles. The maximum absolute atomic E-state index is 2.29. The van der Waals surface area contributed by atoms with Crippen LogP contribution < -0.4 is 0 Å². The van der Waals surface area contributed by atoms with Gasteiger partial charge in [0, 0.05) is 4.88 Å². The topological polar surface area (TPSA) is 0 Å². The summed E-state index contributed by atoms with van der Waals surface area (Å²) in [5.74, 6) is 1.68. The van der Waals surface area contributed by atoms with E-state index in [-0.39, 0.29) is 0 Å². The Labute approximate surface area is 112 Å². The minimum atomic E-state index is 0.837. The van der Waals surface area contributed by atoms with Gasteiger partial charge in [0.05, 0.1) is 0 Å². The van der Waals surface area contributed by atoms with Gasteiger partial charge in [-0.05, 0) is 52.8 Å². The van der Waals surface area contributed by atoms with Gasteiger partial charge in [0.1, 0.15) is 0 Å². The van der Waals surface area contributed by atoms with Crippen molar-refractivity contribution in [2.24, 2.45) is 11.8 Å². The normalized spacial score (nSPS) is 26.0. The zero-order valence-electron chi connectivity index (χ0n) is 10.3. The summed E-state index contributed by atoms with van der Waals surface area (Å²) in [6.07, 6.45) is 4.19. The molecular weight excluding hydrogens is 236 g/mol. The number of benzene rings is 1. The summed E-state index contributed by atoms with van der Waals surface area (Å²) in [7, 11) is 0. The molecule has 1 heteroatoms. The van der Waals surface area contributed by atoms with Crippen molar-refractivity contribution in [2.45, 2.75) is 19.3 Å². The van der Waals surface area contributed by atoms with Gasteiger partial charge in [0.25, 0.3) is 0 Å². The Morgan fingerprint density at radius 1 is 0.833 bits per heavy atom. The monoisotopic (exact) mass is 252 g/mol. The lowest BCUT2D eigenvalue weighted by atomic mass is 9.67. The quantitative estimate of drug-likeness (QED) is 0.698. The molecule has 1 heterocycles. The minimum absolute atomic E-state index is 0.837.